The Morgan fingerprint density at radius 3 is 1.74 bits per heavy atom. The molecule has 0 unspecified atom stereocenters. The predicted molar refractivity (Wildman–Crippen MR) is 321 cm³/mol. The molecule has 2 heterocycles. The maximum absolute atomic E-state index is 14.9. The standard InChI is InChI=1S/C61H88N14O10/c1-2-3-4-5-9-18-42(76)35-52(77)68-45(21-26-62)55(79)71-49-25-30-66-54(78)51(34-41-36-67-44-20-13-12-19-43(41)44)74-58(82)47(23-28-64)69-56(80)48(24-29-65)72-61(85)53(40-32-38-16-10-11-17-39(38)33-40)75-60(84)50(31-37-14-7-6-8-15-37)73-57(81)46(22-27-63)70-59(49)83/h6-8,10-17,19-20,36,40,42,45-51,53,67,76H,2-5,9,18,21-35,62-65H2,1H3,(H,66,78)(H,68,77)(H,69,80)(H,70,83)(H,71,79)(H,72,85)(H,73,81)(H,74,82)(H,75,84)/t42-,45-,46+,47+,48+,49+,50-,51+,53+/m1/s1. The van der Waals surface area contributed by atoms with Crippen molar-refractivity contribution in [1.82, 2.24) is 52.8 Å². The lowest BCUT2D eigenvalue weighted by Crippen LogP contribution is -2.62. The number of H-pyrrole nitrogens is 1. The van der Waals surface area contributed by atoms with Crippen molar-refractivity contribution in [2.45, 2.75) is 164 Å². The van der Waals surface area contributed by atoms with E-state index in [1.54, 1.807) is 36.5 Å². The molecule has 4 aromatic rings. The number of aliphatic hydroxyl groups excluding tert-OH is 1. The van der Waals surface area contributed by atoms with Gasteiger partial charge in [0.2, 0.25) is 53.2 Å². The summed E-state index contributed by atoms with van der Waals surface area (Å²) in [4.78, 5) is 133. The molecule has 1 aromatic heterocycles. The Balaban J connectivity index is 1.37. The van der Waals surface area contributed by atoms with Gasteiger partial charge in [0.1, 0.15) is 48.3 Å². The molecule has 9 amide bonds. The van der Waals surface area contributed by atoms with Gasteiger partial charge in [-0.3, -0.25) is 43.2 Å². The quantitative estimate of drug-likeness (QED) is 0.0385. The Kier molecular flexibility index (Phi) is 26.7. The van der Waals surface area contributed by atoms with E-state index in [9.17, 15) is 48.3 Å². The second-order valence-electron chi connectivity index (χ2n) is 22.1. The second kappa shape index (κ2) is 34.3. The third-order valence-corrected chi connectivity index (χ3v) is 15.6. The maximum Gasteiger partial charge on any atom is 0.243 e. The van der Waals surface area contributed by atoms with Gasteiger partial charge in [-0.1, -0.05) is 112 Å². The van der Waals surface area contributed by atoms with E-state index in [0.717, 1.165) is 47.7 Å². The summed E-state index contributed by atoms with van der Waals surface area (Å²) >= 11 is 0. The molecule has 0 spiro atoms. The number of aromatic nitrogens is 1. The number of para-hydroxylation sites is 1. The summed E-state index contributed by atoms with van der Waals surface area (Å²) in [6.45, 7) is 1.44. The minimum Gasteiger partial charge on any atom is -0.393 e. The fraction of sp³-hybridized carbons (Fsp3) is 0.525. The van der Waals surface area contributed by atoms with Crippen molar-refractivity contribution in [3.63, 3.8) is 0 Å². The third kappa shape index (κ3) is 20.2. The van der Waals surface area contributed by atoms with Crippen molar-refractivity contribution in [2.75, 3.05) is 32.7 Å². The van der Waals surface area contributed by atoms with Gasteiger partial charge in [0, 0.05) is 36.5 Å². The summed E-state index contributed by atoms with van der Waals surface area (Å²) < 4.78 is 0. The Hall–Kier alpha value is -7.77. The molecule has 85 heavy (non-hydrogen) atoms. The molecule has 0 radical (unpaired) electrons. The van der Waals surface area contributed by atoms with Gasteiger partial charge in [0.25, 0.3) is 0 Å². The summed E-state index contributed by atoms with van der Waals surface area (Å²) in [6.07, 6.45) is 5.45. The molecule has 19 N–H and O–H groups in total. The molecule has 3 aromatic carbocycles. The van der Waals surface area contributed by atoms with Crippen molar-refractivity contribution >= 4 is 64.1 Å². The molecule has 0 bridgehead atoms. The number of hydrogen-bond donors (Lipinski definition) is 15. The summed E-state index contributed by atoms with van der Waals surface area (Å²) in [6, 6.07) is 12.9. The van der Waals surface area contributed by atoms with Crippen molar-refractivity contribution < 1.29 is 48.3 Å². The van der Waals surface area contributed by atoms with Gasteiger partial charge >= 0.3 is 0 Å². The van der Waals surface area contributed by atoms with Crippen molar-refractivity contribution in [3.8, 4) is 0 Å². The molecule has 1 aliphatic heterocycles. The van der Waals surface area contributed by atoms with E-state index in [4.69, 9.17) is 22.9 Å². The van der Waals surface area contributed by atoms with E-state index >= 15 is 0 Å². The zero-order valence-corrected chi connectivity index (χ0v) is 48.6. The van der Waals surface area contributed by atoms with Gasteiger partial charge in [-0.2, -0.15) is 0 Å². The lowest BCUT2D eigenvalue weighted by molar-refractivity contribution is -0.136. The molecule has 0 saturated carbocycles. The van der Waals surface area contributed by atoms with Crippen LogP contribution in [-0.4, -0.2) is 150 Å². The number of benzene rings is 3. The molecule has 6 rings (SSSR count). The maximum atomic E-state index is 14.9. The average molecular weight is 1180 g/mol. The minimum atomic E-state index is -1.51. The van der Waals surface area contributed by atoms with E-state index in [1.807, 2.05) is 48.5 Å². The van der Waals surface area contributed by atoms with E-state index < -0.39 is 114 Å². The van der Waals surface area contributed by atoms with Crippen LogP contribution in [0.1, 0.15) is 106 Å². The first kappa shape index (κ1) is 66.4. The number of nitrogens with two attached hydrogens (primary N) is 4. The number of carbonyl (C=O) groups excluding carboxylic acids is 9. The van der Waals surface area contributed by atoms with Crippen LogP contribution in [0.15, 0.2) is 85.1 Å². The Bertz CT molecular complexity index is 2850. The molecular formula is C61H88N14O10. The van der Waals surface area contributed by atoms with Gasteiger partial charge in [0.05, 0.1) is 12.5 Å². The van der Waals surface area contributed by atoms with Crippen LogP contribution in [0.25, 0.3) is 10.9 Å². The van der Waals surface area contributed by atoms with E-state index in [-0.39, 0.29) is 84.1 Å². The van der Waals surface area contributed by atoms with Gasteiger partial charge < -0.3 is 80.9 Å². The number of hydrogen-bond acceptors (Lipinski definition) is 14. The lowest BCUT2D eigenvalue weighted by atomic mass is 9.94. The number of carbonyl (C=O) groups is 9. The molecule has 1 saturated heterocycles. The van der Waals surface area contributed by atoms with Crippen LogP contribution in [-0.2, 0) is 68.8 Å². The van der Waals surface area contributed by atoms with E-state index in [2.05, 4.69) is 59.8 Å². The average Bonchev–Trinajstić information content (AvgIpc) is 3.61. The Morgan fingerprint density at radius 2 is 1.13 bits per heavy atom. The van der Waals surface area contributed by atoms with Crippen LogP contribution in [0, 0.1) is 5.92 Å². The van der Waals surface area contributed by atoms with E-state index in [1.165, 1.54) is 0 Å². The Morgan fingerprint density at radius 1 is 0.588 bits per heavy atom. The fourth-order valence-electron chi connectivity index (χ4n) is 10.9. The van der Waals surface area contributed by atoms with Crippen LogP contribution in [0.2, 0.25) is 0 Å². The molecule has 462 valence electrons. The SMILES string of the molecule is CCCCCCC[C@@H](O)CC(=O)N[C@H](CCN)C(=O)N[C@H]1CCNC(=O)[C@H](Cc2c[nH]c3ccccc23)NC(=O)[C@H](CCN)NC(=O)[C@H](CCN)NC(=O)[C@H](C2Cc3ccccc3C2)NC(=O)[C@@H](Cc2ccccc2)NC(=O)[C@H](CCN)NC1=O. The molecular weight excluding hydrogens is 1090 g/mol. The van der Waals surface area contributed by atoms with E-state index in [0.29, 0.717) is 36.8 Å². The molecule has 9 atom stereocenters. The van der Waals surface area contributed by atoms with Crippen LogP contribution in [0.5, 0.6) is 0 Å². The zero-order valence-electron chi connectivity index (χ0n) is 48.6. The largest absolute Gasteiger partial charge is 0.393 e. The molecule has 1 aliphatic carbocycles. The Labute approximate surface area is 496 Å². The van der Waals surface area contributed by atoms with Gasteiger partial charge in [0.15, 0.2) is 0 Å². The highest BCUT2D eigenvalue weighted by molar-refractivity contribution is 5.99. The monoisotopic (exact) mass is 1180 g/mol. The van der Waals surface area contributed by atoms with Crippen LogP contribution in [0.4, 0.5) is 0 Å². The summed E-state index contributed by atoms with van der Waals surface area (Å²) in [5, 5.41) is 36.3. The first-order valence-electron chi connectivity index (χ1n) is 29.9. The lowest BCUT2D eigenvalue weighted by Gasteiger charge is -2.30. The van der Waals surface area contributed by atoms with Crippen LogP contribution in [0.3, 0.4) is 0 Å². The predicted octanol–water partition coefficient (Wildman–Crippen LogP) is -0.727. The molecule has 2 aliphatic rings. The first-order valence-corrected chi connectivity index (χ1v) is 29.9. The highest BCUT2D eigenvalue weighted by atomic mass is 16.3. The van der Waals surface area contributed by atoms with Gasteiger partial charge in [-0.15, -0.1) is 0 Å². The zero-order chi connectivity index (χ0) is 61.3. The summed E-state index contributed by atoms with van der Waals surface area (Å²) in [5.41, 5.74) is 28.0. The first-order chi connectivity index (χ1) is 41.0. The number of fused-ring (bicyclic) bond motifs is 2. The van der Waals surface area contributed by atoms with Crippen molar-refractivity contribution in [1.29, 1.82) is 0 Å². The van der Waals surface area contributed by atoms with Crippen LogP contribution < -0.4 is 70.8 Å². The summed E-state index contributed by atoms with van der Waals surface area (Å²) in [5.74, 6) is -7.50. The number of nitrogens with one attached hydrogen (secondary N) is 10. The molecule has 24 heteroatoms. The number of rotatable bonds is 24. The number of aliphatic hydroxyl groups is 1. The topological polar surface area (TPSA) is 402 Å². The van der Waals surface area contributed by atoms with Crippen molar-refractivity contribution in [2.24, 2.45) is 28.9 Å². The number of amides is 9. The second-order valence-corrected chi connectivity index (χ2v) is 22.1. The molecule has 1 fully saturated rings. The van der Waals surface area contributed by atoms with Gasteiger partial charge in [-0.05, 0) is 112 Å². The highest BCUT2D eigenvalue weighted by Gasteiger charge is 2.39. The molecule has 24 nitrogen and oxygen atoms in total. The van der Waals surface area contributed by atoms with Crippen molar-refractivity contribution in [3.05, 3.63) is 107 Å². The fourth-order valence-corrected chi connectivity index (χ4v) is 10.9. The van der Waals surface area contributed by atoms with Gasteiger partial charge in [-0.25, -0.2) is 0 Å². The highest BCUT2D eigenvalue weighted by Crippen LogP contribution is 2.29. The minimum absolute atomic E-state index is 0.0604. The smallest absolute Gasteiger partial charge is 0.243 e. The number of aromatic amines is 1. The third-order valence-electron chi connectivity index (χ3n) is 15.6. The normalized spacial score (nSPS) is 22.3. The number of unbranched alkanes of at least 4 members (excludes halogenated alkanes) is 4. The summed E-state index contributed by atoms with van der Waals surface area (Å²) in [7, 11) is 0. The van der Waals surface area contributed by atoms with Crippen LogP contribution >= 0.6 is 0 Å².